The van der Waals surface area contributed by atoms with Gasteiger partial charge in [0.1, 0.15) is 11.6 Å². The Morgan fingerprint density at radius 2 is 2.42 bits per heavy atom. The lowest BCUT2D eigenvalue weighted by Gasteiger charge is -1.96. The number of nitriles is 1. The van der Waals surface area contributed by atoms with Crippen molar-refractivity contribution < 1.29 is 9.53 Å². The van der Waals surface area contributed by atoms with E-state index in [0.29, 0.717) is 0 Å². The fraction of sp³-hybridized carbons (Fsp3) is 0.111. The van der Waals surface area contributed by atoms with Gasteiger partial charge in [0.15, 0.2) is 6.61 Å². The first-order chi connectivity index (χ1) is 5.76. The Bertz CT molecular complexity index is 289. The number of carbonyl (C=O) groups excluding carboxylic acids is 1. The third-order valence-corrected chi connectivity index (χ3v) is 0.911. The third-order valence-electron chi connectivity index (χ3n) is 0.911. The van der Waals surface area contributed by atoms with Crippen molar-refractivity contribution in [2.24, 2.45) is 0 Å². The van der Waals surface area contributed by atoms with Crippen molar-refractivity contribution in [1.29, 1.82) is 5.26 Å². The molecule has 0 aromatic carbocycles. The van der Waals surface area contributed by atoms with E-state index < -0.39 is 5.97 Å². The van der Waals surface area contributed by atoms with Crippen LogP contribution in [0.3, 0.4) is 0 Å². The van der Waals surface area contributed by atoms with E-state index in [-0.39, 0.29) is 12.2 Å². The predicted octanol–water partition coefficient (Wildman–Crippen LogP) is 0.799. The first-order valence-corrected chi connectivity index (χ1v) is 3.09. The number of esters is 1. The lowest BCUT2D eigenvalue weighted by molar-refractivity contribution is -0.137. The molecular formula is C9H7NO2. The molecule has 60 valence electrons. The van der Waals surface area contributed by atoms with Crippen LogP contribution < -0.4 is 0 Å². The largest absolute Gasteiger partial charge is 0.448 e. The molecule has 0 spiro atoms. The van der Waals surface area contributed by atoms with E-state index >= 15 is 0 Å². The van der Waals surface area contributed by atoms with Crippen LogP contribution in [0.2, 0.25) is 0 Å². The molecule has 12 heavy (non-hydrogen) atoms. The Kier molecular flexibility index (Phi) is 4.80. The van der Waals surface area contributed by atoms with Crippen molar-refractivity contribution in [3.63, 3.8) is 0 Å². The van der Waals surface area contributed by atoms with Crippen LogP contribution in [-0.4, -0.2) is 12.6 Å². The second kappa shape index (κ2) is 5.76. The minimum atomic E-state index is -0.727. The standard InChI is InChI=1S/C9H7NO2/c1-3-5-8(7-10)9(11)12-6-4-2/h2-3,5H,1,6H2/b8-5+. The summed E-state index contributed by atoms with van der Waals surface area (Å²) < 4.78 is 4.48. The minimum absolute atomic E-state index is 0.111. The van der Waals surface area contributed by atoms with Crippen molar-refractivity contribution in [1.82, 2.24) is 0 Å². The van der Waals surface area contributed by atoms with Gasteiger partial charge >= 0.3 is 5.97 Å². The number of ether oxygens (including phenoxy) is 1. The summed E-state index contributed by atoms with van der Waals surface area (Å²) in [4.78, 5) is 10.9. The average Bonchev–Trinajstić information content (AvgIpc) is 2.10. The molecule has 0 heterocycles. The molecule has 0 atom stereocenters. The molecule has 0 aliphatic heterocycles. The highest BCUT2D eigenvalue weighted by Gasteiger charge is 2.07. The molecule has 3 nitrogen and oxygen atoms in total. The number of hydrogen-bond acceptors (Lipinski definition) is 3. The fourth-order valence-corrected chi connectivity index (χ4v) is 0.454. The van der Waals surface area contributed by atoms with Crippen LogP contribution in [0, 0.1) is 23.7 Å². The van der Waals surface area contributed by atoms with Gasteiger partial charge in [-0.05, 0) is 6.08 Å². The van der Waals surface area contributed by atoms with Gasteiger partial charge in [-0.2, -0.15) is 5.26 Å². The van der Waals surface area contributed by atoms with Crippen LogP contribution in [0.4, 0.5) is 0 Å². The van der Waals surface area contributed by atoms with Crippen molar-refractivity contribution >= 4 is 5.97 Å². The summed E-state index contributed by atoms with van der Waals surface area (Å²) in [5, 5.41) is 8.41. The number of carbonyl (C=O) groups is 1. The number of allylic oxidation sites excluding steroid dienone is 2. The first kappa shape index (κ1) is 10.0. The first-order valence-electron chi connectivity index (χ1n) is 3.09. The number of rotatable bonds is 3. The molecular weight excluding hydrogens is 154 g/mol. The number of terminal acetylenes is 1. The van der Waals surface area contributed by atoms with Crippen molar-refractivity contribution in [3.05, 3.63) is 24.3 Å². The van der Waals surface area contributed by atoms with Crippen molar-refractivity contribution in [2.75, 3.05) is 6.61 Å². The predicted molar refractivity (Wildman–Crippen MR) is 43.7 cm³/mol. The summed E-state index contributed by atoms with van der Waals surface area (Å²) in [6.45, 7) is 3.21. The Hall–Kier alpha value is -2.00. The molecule has 0 bridgehead atoms. The Labute approximate surface area is 70.9 Å². The molecule has 0 amide bonds. The lowest BCUT2D eigenvalue weighted by Crippen LogP contribution is -2.06. The van der Waals surface area contributed by atoms with Crippen LogP contribution in [0.5, 0.6) is 0 Å². The second-order valence-electron chi connectivity index (χ2n) is 1.71. The molecule has 0 rings (SSSR count). The maximum absolute atomic E-state index is 10.9. The van der Waals surface area contributed by atoms with Gasteiger partial charge in [-0.25, -0.2) is 4.79 Å². The lowest BCUT2D eigenvalue weighted by atomic mass is 10.3. The molecule has 0 saturated heterocycles. The third kappa shape index (κ3) is 3.24. The van der Waals surface area contributed by atoms with Crippen molar-refractivity contribution in [2.45, 2.75) is 0 Å². The van der Waals surface area contributed by atoms with E-state index in [0.717, 1.165) is 0 Å². The van der Waals surface area contributed by atoms with Gasteiger partial charge < -0.3 is 4.74 Å². The van der Waals surface area contributed by atoms with Gasteiger partial charge in [0.05, 0.1) is 0 Å². The molecule has 0 aromatic rings. The summed E-state index contributed by atoms with van der Waals surface area (Å²) in [5.74, 6) is 1.39. The highest BCUT2D eigenvalue weighted by molar-refractivity contribution is 5.93. The summed E-state index contributed by atoms with van der Waals surface area (Å²) in [6.07, 6.45) is 7.43. The quantitative estimate of drug-likeness (QED) is 0.202. The zero-order valence-corrected chi connectivity index (χ0v) is 6.41. The van der Waals surface area contributed by atoms with Gasteiger partial charge in [-0.3, -0.25) is 0 Å². The van der Waals surface area contributed by atoms with E-state index in [1.807, 2.05) is 0 Å². The van der Waals surface area contributed by atoms with E-state index in [2.05, 4.69) is 17.2 Å². The van der Waals surface area contributed by atoms with Gasteiger partial charge in [-0.1, -0.05) is 18.6 Å². The highest BCUT2D eigenvalue weighted by atomic mass is 16.5. The minimum Gasteiger partial charge on any atom is -0.448 e. The average molecular weight is 161 g/mol. The van der Waals surface area contributed by atoms with E-state index in [9.17, 15) is 4.79 Å². The second-order valence-corrected chi connectivity index (χ2v) is 1.71. The van der Waals surface area contributed by atoms with Crippen LogP contribution in [0.15, 0.2) is 24.3 Å². The summed E-state index contributed by atoms with van der Waals surface area (Å²) >= 11 is 0. The summed E-state index contributed by atoms with van der Waals surface area (Å²) in [5.41, 5.74) is -0.111. The molecule has 0 fully saturated rings. The Morgan fingerprint density at radius 1 is 1.75 bits per heavy atom. The van der Waals surface area contributed by atoms with Crippen LogP contribution >= 0.6 is 0 Å². The normalized spacial score (nSPS) is 9.33. The smallest absolute Gasteiger partial charge is 0.349 e. The fourth-order valence-electron chi connectivity index (χ4n) is 0.454. The van der Waals surface area contributed by atoms with Crippen LogP contribution in [0.1, 0.15) is 0 Å². The zero-order valence-electron chi connectivity index (χ0n) is 6.41. The molecule has 0 unspecified atom stereocenters. The zero-order chi connectivity index (χ0) is 9.40. The van der Waals surface area contributed by atoms with Gasteiger partial charge in [-0.15, -0.1) is 6.42 Å². The summed E-state index contributed by atoms with van der Waals surface area (Å²) in [7, 11) is 0. The Balaban J connectivity index is 4.28. The molecule has 0 aliphatic rings. The molecule has 0 aromatic heterocycles. The van der Waals surface area contributed by atoms with E-state index in [4.69, 9.17) is 11.7 Å². The van der Waals surface area contributed by atoms with Gasteiger partial charge in [0.2, 0.25) is 0 Å². The highest BCUT2D eigenvalue weighted by Crippen LogP contribution is 1.95. The van der Waals surface area contributed by atoms with Crippen LogP contribution in [-0.2, 0) is 9.53 Å². The molecule has 3 heteroatoms. The SMILES string of the molecule is C#CCOC(=O)/C(C#N)=C/C=C. The van der Waals surface area contributed by atoms with Gasteiger partial charge in [0, 0.05) is 0 Å². The maximum Gasteiger partial charge on any atom is 0.349 e. The van der Waals surface area contributed by atoms with E-state index in [1.54, 1.807) is 6.07 Å². The molecule has 0 aliphatic carbocycles. The maximum atomic E-state index is 10.9. The number of nitrogens with zero attached hydrogens (tertiary/aromatic N) is 1. The number of hydrogen-bond donors (Lipinski definition) is 0. The van der Waals surface area contributed by atoms with Crippen molar-refractivity contribution in [3.8, 4) is 18.4 Å². The molecule has 0 saturated carbocycles. The summed E-state index contributed by atoms with van der Waals surface area (Å²) in [6, 6.07) is 1.66. The monoisotopic (exact) mass is 161 g/mol. The van der Waals surface area contributed by atoms with Gasteiger partial charge in [0.25, 0.3) is 0 Å². The molecule has 0 radical (unpaired) electrons. The Morgan fingerprint density at radius 3 is 2.83 bits per heavy atom. The van der Waals surface area contributed by atoms with Crippen LogP contribution in [0.25, 0.3) is 0 Å². The van der Waals surface area contributed by atoms with E-state index in [1.165, 1.54) is 12.2 Å². The topological polar surface area (TPSA) is 50.1 Å². The molecule has 0 N–H and O–H groups in total.